The number of carbonyl (C=O) groups is 3. The van der Waals surface area contributed by atoms with Crippen LogP contribution in [0.25, 0.3) is 0 Å². The van der Waals surface area contributed by atoms with Gasteiger partial charge in [-0.2, -0.15) is 13.2 Å². The smallest absolute Gasteiger partial charge is 0.393 e. The monoisotopic (exact) mass is 588 g/mol. The van der Waals surface area contributed by atoms with Crippen molar-refractivity contribution < 1.29 is 32.7 Å². The first-order valence-corrected chi connectivity index (χ1v) is 14.0. The fraction of sp³-hybridized carbons (Fsp3) is 0.265. The number of hydrogen-bond acceptors (Lipinski definition) is 5. The number of benzene rings is 3. The summed E-state index contributed by atoms with van der Waals surface area (Å²) in [6, 6.07) is 20.5. The van der Waals surface area contributed by atoms with Gasteiger partial charge in [-0.3, -0.25) is 14.4 Å². The van der Waals surface area contributed by atoms with Crippen molar-refractivity contribution in [2.45, 2.75) is 38.0 Å². The van der Waals surface area contributed by atoms with Gasteiger partial charge in [0.2, 0.25) is 0 Å². The zero-order chi connectivity index (χ0) is 30.7. The second kappa shape index (κ2) is 12.4. The number of aromatic nitrogens is 1. The zero-order valence-corrected chi connectivity index (χ0v) is 23.6. The van der Waals surface area contributed by atoms with Crippen LogP contribution in [0.15, 0.2) is 85.1 Å². The van der Waals surface area contributed by atoms with E-state index in [1.807, 2.05) is 0 Å². The van der Waals surface area contributed by atoms with Gasteiger partial charge in [0.15, 0.2) is 17.3 Å². The highest BCUT2D eigenvalue weighted by atomic mass is 19.4. The molecule has 1 aromatic heterocycles. The summed E-state index contributed by atoms with van der Waals surface area (Å²) >= 11 is 0. The van der Waals surface area contributed by atoms with Crippen molar-refractivity contribution in [1.82, 2.24) is 4.57 Å². The van der Waals surface area contributed by atoms with Gasteiger partial charge in [-0.15, -0.1) is 0 Å². The summed E-state index contributed by atoms with van der Waals surface area (Å²) < 4.78 is 43.5. The van der Waals surface area contributed by atoms with E-state index in [9.17, 15) is 32.7 Å². The number of ketones is 3. The number of rotatable bonds is 9. The quantitative estimate of drug-likeness (QED) is 0.240. The van der Waals surface area contributed by atoms with E-state index in [0.717, 1.165) is 11.6 Å². The van der Waals surface area contributed by atoms with Crippen LogP contribution < -0.4 is 4.90 Å². The standard InChI is InChI=1S/C34H31F3N2O4/c1-38-16-2-3-30(38)32(42)20-23-6-10-25(11-7-23)33(43)24-8-4-22(5-9-24)19-31(41)26-12-13-29(28(21-26)34(35,36)37)39-17-14-27(40)15-18-39/h2-13,16,21,27,40H,14-15,17-20H2,1H3. The average Bonchev–Trinajstić information content (AvgIpc) is 3.43. The summed E-state index contributed by atoms with van der Waals surface area (Å²) in [5.74, 6) is -0.718. The Labute approximate surface area is 247 Å². The second-order valence-electron chi connectivity index (χ2n) is 10.9. The minimum Gasteiger partial charge on any atom is -0.393 e. The molecular formula is C34H31F3N2O4. The Morgan fingerprint density at radius 1 is 0.791 bits per heavy atom. The Hall–Kier alpha value is -4.50. The molecule has 0 atom stereocenters. The molecule has 0 aliphatic carbocycles. The number of aryl methyl sites for hydroxylation is 1. The lowest BCUT2D eigenvalue weighted by atomic mass is 9.96. The van der Waals surface area contributed by atoms with Crippen molar-refractivity contribution in [2.75, 3.05) is 18.0 Å². The number of anilines is 1. The maximum Gasteiger partial charge on any atom is 0.418 e. The lowest BCUT2D eigenvalue weighted by Gasteiger charge is -2.33. The molecule has 6 nitrogen and oxygen atoms in total. The van der Waals surface area contributed by atoms with E-state index >= 15 is 0 Å². The van der Waals surface area contributed by atoms with Crippen molar-refractivity contribution in [1.29, 1.82) is 0 Å². The molecule has 1 saturated heterocycles. The SMILES string of the molecule is Cn1cccc1C(=O)Cc1ccc(C(=O)c2ccc(CC(=O)c3ccc(N4CCC(O)CC4)c(C(F)(F)F)c3)cc2)cc1. The Bertz CT molecular complexity index is 1630. The summed E-state index contributed by atoms with van der Waals surface area (Å²) in [7, 11) is 1.81. The Morgan fingerprint density at radius 2 is 1.33 bits per heavy atom. The van der Waals surface area contributed by atoms with Crippen molar-refractivity contribution in [3.63, 3.8) is 0 Å². The summed E-state index contributed by atoms with van der Waals surface area (Å²) in [6.07, 6.45) is -2.49. The highest BCUT2D eigenvalue weighted by Crippen LogP contribution is 2.38. The van der Waals surface area contributed by atoms with Gasteiger partial charge in [-0.25, -0.2) is 0 Å². The molecule has 3 aromatic carbocycles. The summed E-state index contributed by atoms with van der Waals surface area (Å²) in [6.45, 7) is 0.612. The normalized spacial score (nSPS) is 14.1. The number of hydrogen-bond donors (Lipinski definition) is 1. The molecule has 2 heterocycles. The van der Waals surface area contributed by atoms with Crippen LogP contribution in [0.5, 0.6) is 0 Å². The van der Waals surface area contributed by atoms with Gasteiger partial charge in [0.25, 0.3) is 0 Å². The maximum atomic E-state index is 13.9. The van der Waals surface area contributed by atoms with Gasteiger partial charge in [0, 0.05) is 61.6 Å². The molecule has 0 radical (unpaired) electrons. The van der Waals surface area contributed by atoms with Crippen molar-refractivity contribution >= 4 is 23.0 Å². The van der Waals surface area contributed by atoms with E-state index in [1.165, 1.54) is 12.1 Å². The Kier molecular flexibility index (Phi) is 8.64. The van der Waals surface area contributed by atoms with E-state index in [0.29, 0.717) is 48.3 Å². The molecule has 5 rings (SSSR count). The van der Waals surface area contributed by atoms with E-state index in [4.69, 9.17) is 0 Å². The van der Waals surface area contributed by atoms with Crippen molar-refractivity contribution in [3.8, 4) is 0 Å². The third-order valence-corrected chi connectivity index (χ3v) is 7.82. The average molecular weight is 589 g/mol. The minimum absolute atomic E-state index is 0.00885. The fourth-order valence-corrected chi connectivity index (χ4v) is 5.35. The van der Waals surface area contributed by atoms with Crippen LogP contribution >= 0.6 is 0 Å². The van der Waals surface area contributed by atoms with Crippen LogP contribution in [0, 0.1) is 0 Å². The second-order valence-corrected chi connectivity index (χ2v) is 10.9. The van der Waals surface area contributed by atoms with Crippen LogP contribution in [0.3, 0.4) is 0 Å². The molecule has 1 aliphatic heterocycles. The number of carbonyl (C=O) groups excluding carboxylic acids is 3. The molecule has 0 unspecified atom stereocenters. The van der Waals surface area contributed by atoms with Gasteiger partial charge >= 0.3 is 6.18 Å². The van der Waals surface area contributed by atoms with Crippen LogP contribution in [-0.2, 0) is 26.1 Å². The lowest BCUT2D eigenvalue weighted by molar-refractivity contribution is -0.137. The molecule has 222 valence electrons. The van der Waals surface area contributed by atoms with Crippen molar-refractivity contribution in [3.05, 3.63) is 124 Å². The molecular weight excluding hydrogens is 557 g/mol. The molecule has 0 spiro atoms. The summed E-state index contributed by atoms with van der Waals surface area (Å²) in [5.41, 5.74) is 1.91. The first-order valence-electron chi connectivity index (χ1n) is 14.0. The first kappa shape index (κ1) is 30.0. The van der Waals surface area contributed by atoms with Crippen molar-refractivity contribution in [2.24, 2.45) is 7.05 Å². The van der Waals surface area contributed by atoms with Crippen LogP contribution in [-0.4, -0.2) is 46.2 Å². The molecule has 0 saturated carbocycles. The van der Waals surface area contributed by atoms with Gasteiger partial charge in [0.1, 0.15) is 0 Å². The number of halogens is 3. The molecule has 1 fully saturated rings. The molecule has 0 bridgehead atoms. The Balaban J connectivity index is 1.24. The first-order chi connectivity index (χ1) is 20.5. The number of aliphatic hydroxyl groups excluding tert-OH is 1. The van der Waals surface area contributed by atoms with Gasteiger partial charge < -0.3 is 14.6 Å². The maximum absolute atomic E-state index is 13.9. The zero-order valence-electron chi connectivity index (χ0n) is 23.6. The molecule has 1 N–H and O–H groups in total. The van der Waals surface area contributed by atoms with E-state index in [-0.39, 0.29) is 35.7 Å². The number of alkyl halides is 3. The number of nitrogens with zero attached hydrogens (tertiary/aromatic N) is 2. The Morgan fingerprint density at radius 3 is 1.84 bits per heavy atom. The fourth-order valence-electron chi connectivity index (χ4n) is 5.35. The third kappa shape index (κ3) is 6.94. The van der Waals surface area contributed by atoms with E-state index in [2.05, 4.69) is 0 Å². The topological polar surface area (TPSA) is 79.6 Å². The predicted octanol–water partition coefficient (Wildman–Crippen LogP) is 6.09. The minimum atomic E-state index is -4.64. The van der Waals surface area contributed by atoms with Crippen LogP contribution in [0.1, 0.15) is 66.3 Å². The van der Waals surface area contributed by atoms with Crippen LogP contribution in [0.4, 0.5) is 18.9 Å². The third-order valence-electron chi connectivity index (χ3n) is 7.82. The summed E-state index contributed by atoms with van der Waals surface area (Å²) in [5, 5.41) is 9.71. The van der Waals surface area contributed by atoms with Crippen LogP contribution in [0.2, 0.25) is 0 Å². The largest absolute Gasteiger partial charge is 0.418 e. The van der Waals surface area contributed by atoms with Gasteiger partial charge in [-0.05, 0) is 54.3 Å². The molecule has 9 heteroatoms. The number of aliphatic hydroxyl groups is 1. The number of Topliss-reactive ketones (excluding diaryl/α,β-unsaturated/α-hetero) is 2. The molecule has 1 aliphatic rings. The summed E-state index contributed by atoms with van der Waals surface area (Å²) in [4.78, 5) is 40.1. The number of piperidine rings is 1. The van der Waals surface area contributed by atoms with Gasteiger partial charge in [0.05, 0.1) is 17.4 Å². The highest BCUT2D eigenvalue weighted by Gasteiger charge is 2.36. The lowest BCUT2D eigenvalue weighted by Crippen LogP contribution is -2.37. The molecule has 43 heavy (non-hydrogen) atoms. The predicted molar refractivity (Wildman–Crippen MR) is 157 cm³/mol. The molecule has 0 amide bonds. The molecule has 4 aromatic rings. The highest BCUT2D eigenvalue weighted by molar-refractivity contribution is 6.09. The van der Waals surface area contributed by atoms with E-state index in [1.54, 1.807) is 83.4 Å². The van der Waals surface area contributed by atoms with E-state index < -0.39 is 23.6 Å². The van der Waals surface area contributed by atoms with Gasteiger partial charge in [-0.1, -0.05) is 48.5 Å².